The second kappa shape index (κ2) is 6.42. The third-order valence-corrected chi connectivity index (χ3v) is 3.71. The van der Waals surface area contributed by atoms with Gasteiger partial charge in [-0.15, -0.1) is 0 Å². The Balaban J connectivity index is 1.84. The van der Waals surface area contributed by atoms with Crippen molar-refractivity contribution >= 4 is 16.7 Å². The SMILES string of the molecule is COCc1nsc(N2CCN(C[C@@H](C)O)CC2)n1. The summed E-state index contributed by atoms with van der Waals surface area (Å²) in [6.45, 7) is 6.85. The van der Waals surface area contributed by atoms with Gasteiger partial charge in [-0.3, -0.25) is 4.90 Å². The second-order valence-electron chi connectivity index (χ2n) is 4.56. The molecule has 0 aliphatic carbocycles. The molecule has 0 bridgehead atoms. The van der Waals surface area contributed by atoms with Crippen molar-refractivity contribution in [3.05, 3.63) is 5.82 Å². The Morgan fingerprint density at radius 2 is 2.11 bits per heavy atom. The Kier molecular flexibility index (Phi) is 4.87. The lowest BCUT2D eigenvalue weighted by atomic mass is 10.3. The fourth-order valence-electron chi connectivity index (χ4n) is 2.06. The zero-order valence-electron chi connectivity index (χ0n) is 10.9. The van der Waals surface area contributed by atoms with Crippen LogP contribution < -0.4 is 4.90 Å². The first-order valence-electron chi connectivity index (χ1n) is 6.16. The highest BCUT2D eigenvalue weighted by atomic mass is 32.1. The van der Waals surface area contributed by atoms with Crippen LogP contribution in [0.25, 0.3) is 0 Å². The Morgan fingerprint density at radius 3 is 2.72 bits per heavy atom. The van der Waals surface area contributed by atoms with E-state index in [0.717, 1.165) is 43.7 Å². The standard InChI is InChI=1S/C11H20N4O2S/c1-9(16)7-14-3-5-15(6-4-14)11-12-10(8-17-2)13-18-11/h9,16H,3-8H2,1-2H3/t9-/m1/s1. The molecule has 1 fully saturated rings. The Morgan fingerprint density at radius 1 is 1.39 bits per heavy atom. The lowest BCUT2D eigenvalue weighted by Crippen LogP contribution is -2.48. The number of ether oxygens (including phenoxy) is 1. The molecule has 0 aromatic carbocycles. The number of anilines is 1. The molecule has 18 heavy (non-hydrogen) atoms. The molecule has 1 aromatic heterocycles. The normalized spacial score (nSPS) is 19.2. The molecule has 0 saturated carbocycles. The third kappa shape index (κ3) is 3.61. The molecule has 0 radical (unpaired) electrons. The van der Waals surface area contributed by atoms with Crippen LogP contribution in [0.5, 0.6) is 0 Å². The van der Waals surface area contributed by atoms with Crippen LogP contribution in [0.15, 0.2) is 0 Å². The van der Waals surface area contributed by atoms with Gasteiger partial charge in [0.05, 0.1) is 6.10 Å². The van der Waals surface area contributed by atoms with Gasteiger partial charge in [-0.2, -0.15) is 4.37 Å². The van der Waals surface area contributed by atoms with Crippen LogP contribution in [0, 0.1) is 0 Å². The van der Waals surface area contributed by atoms with Gasteiger partial charge in [-0.1, -0.05) is 0 Å². The number of β-amino-alcohol motifs (C(OH)–C–C–N with tert-alkyl or cyclic N) is 1. The molecule has 1 aromatic rings. The smallest absolute Gasteiger partial charge is 0.205 e. The van der Waals surface area contributed by atoms with Crippen molar-refractivity contribution in [3.63, 3.8) is 0 Å². The third-order valence-electron chi connectivity index (χ3n) is 2.90. The predicted octanol–water partition coefficient (Wildman–Crippen LogP) is 0.187. The van der Waals surface area contributed by atoms with Gasteiger partial charge in [-0.25, -0.2) is 4.98 Å². The van der Waals surface area contributed by atoms with E-state index in [4.69, 9.17) is 4.74 Å². The average Bonchev–Trinajstić information content (AvgIpc) is 2.78. The van der Waals surface area contributed by atoms with Crippen molar-refractivity contribution in [2.75, 3.05) is 44.7 Å². The molecule has 0 spiro atoms. The summed E-state index contributed by atoms with van der Waals surface area (Å²) in [6, 6.07) is 0. The molecule has 102 valence electrons. The molecule has 2 rings (SSSR count). The quantitative estimate of drug-likeness (QED) is 0.825. The second-order valence-corrected chi connectivity index (χ2v) is 5.29. The van der Waals surface area contributed by atoms with Gasteiger partial charge in [0.2, 0.25) is 5.13 Å². The Labute approximate surface area is 111 Å². The van der Waals surface area contributed by atoms with Gasteiger partial charge < -0.3 is 14.7 Å². The highest BCUT2D eigenvalue weighted by Crippen LogP contribution is 2.19. The molecule has 1 aliphatic rings. The van der Waals surface area contributed by atoms with Crippen LogP contribution in [0.4, 0.5) is 5.13 Å². The van der Waals surface area contributed by atoms with Crippen molar-refractivity contribution in [3.8, 4) is 0 Å². The number of aliphatic hydroxyl groups excluding tert-OH is 1. The van der Waals surface area contributed by atoms with Gasteiger partial charge >= 0.3 is 0 Å². The van der Waals surface area contributed by atoms with Gasteiger partial charge in [0, 0.05) is 51.4 Å². The van der Waals surface area contributed by atoms with Crippen molar-refractivity contribution in [1.29, 1.82) is 0 Å². The van der Waals surface area contributed by atoms with Crippen LogP contribution in [0.1, 0.15) is 12.7 Å². The summed E-state index contributed by atoms with van der Waals surface area (Å²) in [5, 5.41) is 10.3. The van der Waals surface area contributed by atoms with E-state index in [1.807, 2.05) is 6.92 Å². The van der Waals surface area contributed by atoms with Crippen LogP contribution >= 0.6 is 11.5 Å². The molecule has 0 unspecified atom stereocenters. The number of nitrogens with zero attached hydrogens (tertiary/aromatic N) is 4. The van der Waals surface area contributed by atoms with Gasteiger partial charge in [0.25, 0.3) is 0 Å². The Bertz CT molecular complexity index is 364. The van der Waals surface area contributed by atoms with E-state index in [2.05, 4.69) is 19.2 Å². The fraction of sp³-hybridized carbons (Fsp3) is 0.818. The molecule has 1 N–H and O–H groups in total. The van der Waals surface area contributed by atoms with E-state index in [9.17, 15) is 5.11 Å². The van der Waals surface area contributed by atoms with Gasteiger partial charge in [0.1, 0.15) is 6.61 Å². The average molecular weight is 272 g/mol. The summed E-state index contributed by atoms with van der Waals surface area (Å²) >= 11 is 1.43. The summed E-state index contributed by atoms with van der Waals surface area (Å²) in [7, 11) is 1.65. The minimum Gasteiger partial charge on any atom is -0.392 e. The van der Waals surface area contributed by atoms with Gasteiger partial charge in [0.15, 0.2) is 5.82 Å². The molecule has 6 nitrogen and oxygen atoms in total. The van der Waals surface area contributed by atoms with E-state index < -0.39 is 0 Å². The lowest BCUT2D eigenvalue weighted by Gasteiger charge is -2.34. The number of aromatic nitrogens is 2. The zero-order valence-corrected chi connectivity index (χ0v) is 11.7. The van der Waals surface area contributed by atoms with E-state index in [1.54, 1.807) is 7.11 Å². The Hall–Kier alpha value is -0.760. The van der Waals surface area contributed by atoms with Crippen LogP contribution in [0.2, 0.25) is 0 Å². The number of methoxy groups -OCH3 is 1. The summed E-state index contributed by atoms with van der Waals surface area (Å²) in [4.78, 5) is 8.97. The maximum Gasteiger partial charge on any atom is 0.205 e. The fourth-order valence-corrected chi connectivity index (χ4v) is 2.78. The molecule has 1 aliphatic heterocycles. The van der Waals surface area contributed by atoms with Crippen LogP contribution in [-0.4, -0.2) is 65.3 Å². The number of hydrogen-bond donors (Lipinski definition) is 1. The molecule has 2 heterocycles. The summed E-state index contributed by atoms with van der Waals surface area (Å²) in [6.07, 6.45) is -0.258. The largest absolute Gasteiger partial charge is 0.392 e. The van der Waals surface area contributed by atoms with Crippen LogP contribution in [0.3, 0.4) is 0 Å². The predicted molar refractivity (Wildman–Crippen MR) is 71.0 cm³/mol. The van der Waals surface area contributed by atoms with Crippen molar-refractivity contribution < 1.29 is 9.84 Å². The first-order valence-corrected chi connectivity index (χ1v) is 6.93. The summed E-state index contributed by atoms with van der Waals surface area (Å²) in [5.41, 5.74) is 0. The first-order chi connectivity index (χ1) is 8.69. The highest BCUT2D eigenvalue weighted by molar-refractivity contribution is 7.09. The first kappa shape index (κ1) is 13.7. The minimum atomic E-state index is -0.258. The molecule has 0 amide bonds. The van der Waals surface area contributed by atoms with Gasteiger partial charge in [-0.05, 0) is 6.92 Å². The highest BCUT2D eigenvalue weighted by Gasteiger charge is 2.20. The molecular formula is C11H20N4O2S. The molecule has 1 saturated heterocycles. The van der Waals surface area contributed by atoms with E-state index >= 15 is 0 Å². The van der Waals surface area contributed by atoms with Crippen LogP contribution in [-0.2, 0) is 11.3 Å². The maximum absolute atomic E-state index is 9.36. The molecule has 1 atom stereocenters. The number of rotatable bonds is 5. The van der Waals surface area contributed by atoms with Crippen molar-refractivity contribution in [2.45, 2.75) is 19.6 Å². The maximum atomic E-state index is 9.36. The lowest BCUT2D eigenvalue weighted by molar-refractivity contribution is 0.122. The topological polar surface area (TPSA) is 61.7 Å². The summed E-state index contributed by atoms with van der Waals surface area (Å²) in [5.74, 6) is 0.754. The minimum absolute atomic E-state index is 0.258. The number of piperazine rings is 1. The van der Waals surface area contributed by atoms with E-state index in [1.165, 1.54) is 11.5 Å². The van der Waals surface area contributed by atoms with E-state index in [-0.39, 0.29) is 6.10 Å². The molecule has 7 heteroatoms. The molecular weight excluding hydrogens is 252 g/mol. The summed E-state index contributed by atoms with van der Waals surface area (Å²) < 4.78 is 9.28. The number of hydrogen-bond acceptors (Lipinski definition) is 7. The number of aliphatic hydroxyl groups is 1. The zero-order chi connectivity index (χ0) is 13.0. The van der Waals surface area contributed by atoms with Crippen molar-refractivity contribution in [1.82, 2.24) is 14.3 Å². The van der Waals surface area contributed by atoms with E-state index in [0.29, 0.717) is 6.61 Å². The monoisotopic (exact) mass is 272 g/mol. The van der Waals surface area contributed by atoms with Crippen molar-refractivity contribution in [2.24, 2.45) is 0 Å².